The van der Waals surface area contributed by atoms with Gasteiger partial charge >= 0.3 is 0 Å². The van der Waals surface area contributed by atoms with Gasteiger partial charge in [-0.2, -0.15) is 0 Å². The Balaban J connectivity index is 1.73. The molecule has 23 heavy (non-hydrogen) atoms. The van der Waals surface area contributed by atoms with Crippen molar-refractivity contribution >= 4 is 11.4 Å². The second kappa shape index (κ2) is 9.94. The maximum atomic E-state index is 3.41. The van der Waals surface area contributed by atoms with Gasteiger partial charge < -0.3 is 10.6 Å². The molecule has 2 N–H and O–H groups in total. The van der Waals surface area contributed by atoms with Crippen LogP contribution in [0.2, 0.25) is 0 Å². The zero-order valence-corrected chi connectivity index (χ0v) is 14.6. The number of nitrogens with one attached hydrogen (secondary N) is 2. The Labute approximate surface area is 141 Å². The summed E-state index contributed by atoms with van der Waals surface area (Å²) < 4.78 is 0. The maximum Gasteiger partial charge on any atom is 0.0849 e. The van der Waals surface area contributed by atoms with Crippen molar-refractivity contribution in [3.63, 3.8) is 0 Å². The molecule has 0 spiro atoms. The molecule has 0 aliphatic heterocycles. The molecule has 124 valence electrons. The third-order valence-electron chi connectivity index (χ3n) is 4.13. The average Bonchev–Trinajstić information content (AvgIpc) is 2.60. The molecule has 0 saturated heterocycles. The van der Waals surface area contributed by atoms with Gasteiger partial charge in [-0.15, -0.1) is 0 Å². The Kier molecular flexibility index (Phi) is 7.51. The zero-order valence-electron chi connectivity index (χ0n) is 14.6. The van der Waals surface area contributed by atoms with E-state index in [0.29, 0.717) is 0 Å². The number of hydrogen-bond acceptors (Lipinski definition) is 2. The van der Waals surface area contributed by atoms with Crippen molar-refractivity contribution in [2.24, 2.45) is 0 Å². The van der Waals surface area contributed by atoms with Crippen molar-refractivity contribution in [3.8, 4) is 0 Å². The van der Waals surface area contributed by atoms with E-state index in [1.165, 1.54) is 49.7 Å². The SMILES string of the molecule is CCCCc1ccc(NCNc2ccc(CCCC)cc2)cc1. The van der Waals surface area contributed by atoms with E-state index in [0.717, 1.165) is 18.0 Å². The van der Waals surface area contributed by atoms with Gasteiger partial charge in [0.05, 0.1) is 6.67 Å². The fraction of sp³-hybridized carbons (Fsp3) is 0.429. The van der Waals surface area contributed by atoms with Crippen LogP contribution in [-0.4, -0.2) is 6.67 Å². The zero-order chi connectivity index (χ0) is 16.3. The highest BCUT2D eigenvalue weighted by atomic mass is 15.1. The van der Waals surface area contributed by atoms with Crippen molar-refractivity contribution in [2.45, 2.75) is 52.4 Å². The minimum Gasteiger partial charge on any atom is -0.368 e. The van der Waals surface area contributed by atoms with Gasteiger partial charge in [-0.1, -0.05) is 51.0 Å². The molecule has 0 aromatic heterocycles. The third-order valence-corrected chi connectivity index (χ3v) is 4.13. The summed E-state index contributed by atoms with van der Waals surface area (Å²) in [5.41, 5.74) is 5.18. The summed E-state index contributed by atoms with van der Waals surface area (Å²) in [7, 11) is 0. The lowest BCUT2D eigenvalue weighted by atomic mass is 10.1. The Morgan fingerprint density at radius 2 is 1.00 bits per heavy atom. The molecule has 0 fully saturated rings. The van der Waals surface area contributed by atoms with Crippen molar-refractivity contribution < 1.29 is 0 Å². The van der Waals surface area contributed by atoms with E-state index in [-0.39, 0.29) is 0 Å². The Hall–Kier alpha value is -1.96. The third kappa shape index (κ3) is 6.35. The molecule has 2 aromatic carbocycles. The quantitative estimate of drug-likeness (QED) is 0.538. The van der Waals surface area contributed by atoms with Crippen LogP contribution >= 0.6 is 0 Å². The van der Waals surface area contributed by atoms with Gasteiger partial charge in [-0.3, -0.25) is 0 Å². The molecule has 0 atom stereocenters. The summed E-state index contributed by atoms with van der Waals surface area (Å²) in [6.07, 6.45) is 7.40. The van der Waals surface area contributed by atoms with E-state index in [4.69, 9.17) is 0 Å². The van der Waals surface area contributed by atoms with Crippen LogP contribution in [0.25, 0.3) is 0 Å². The van der Waals surface area contributed by atoms with E-state index in [1.54, 1.807) is 0 Å². The van der Waals surface area contributed by atoms with Crippen molar-refractivity contribution in [1.82, 2.24) is 0 Å². The first-order valence-corrected chi connectivity index (χ1v) is 8.97. The molecule has 0 amide bonds. The second-order valence-electron chi connectivity index (χ2n) is 6.13. The lowest BCUT2D eigenvalue weighted by Gasteiger charge is -2.11. The van der Waals surface area contributed by atoms with Gasteiger partial charge in [-0.05, 0) is 61.1 Å². The Morgan fingerprint density at radius 3 is 1.35 bits per heavy atom. The average molecular weight is 310 g/mol. The fourth-order valence-electron chi connectivity index (χ4n) is 2.59. The number of benzene rings is 2. The monoisotopic (exact) mass is 310 g/mol. The van der Waals surface area contributed by atoms with Gasteiger partial charge in [0.25, 0.3) is 0 Å². The molecule has 0 saturated carbocycles. The van der Waals surface area contributed by atoms with E-state index < -0.39 is 0 Å². The number of hydrogen-bond donors (Lipinski definition) is 2. The van der Waals surface area contributed by atoms with Crippen LogP contribution < -0.4 is 10.6 Å². The second-order valence-corrected chi connectivity index (χ2v) is 6.13. The Bertz CT molecular complexity index is 492. The molecule has 0 bridgehead atoms. The van der Waals surface area contributed by atoms with Crippen LogP contribution in [0.1, 0.15) is 50.7 Å². The lowest BCUT2D eigenvalue weighted by molar-refractivity contribution is 0.795. The standard InChI is InChI=1S/C21H30N2/c1-3-5-7-18-9-13-20(14-10-18)22-17-23-21-15-11-19(12-16-21)8-6-4-2/h9-16,22-23H,3-8,17H2,1-2H3. The van der Waals surface area contributed by atoms with Crippen molar-refractivity contribution in [1.29, 1.82) is 0 Å². The van der Waals surface area contributed by atoms with Crippen molar-refractivity contribution in [3.05, 3.63) is 59.7 Å². The maximum absolute atomic E-state index is 3.41. The molecule has 2 nitrogen and oxygen atoms in total. The van der Waals surface area contributed by atoms with Crippen molar-refractivity contribution in [2.75, 3.05) is 17.3 Å². The summed E-state index contributed by atoms with van der Waals surface area (Å²) in [6, 6.07) is 17.6. The first-order valence-electron chi connectivity index (χ1n) is 8.97. The highest BCUT2D eigenvalue weighted by molar-refractivity contribution is 5.48. The highest BCUT2D eigenvalue weighted by Crippen LogP contribution is 2.13. The molecule has 2 heteroatoms. The van der Waals surface area contributed by atoms with Crippen LogP contribution in [0.3, 0.4) is 0 Å². The van der Waals surface area contributed by atoms with Crippen LogP contribution in [0, 0.1) is 0 Å². The fourth-order valence-corrected chi connectivity index (χ4v) is 2.59. The van der Waals surface area contributed by atoms with Crippen LogP contribution in [0.4, 0.5) is 11.4 Å². The molecular formula is C21H30N2. The summed E-state index contributed by atoms with van der Waals surface area (Å²) in [5, 5.41) is 6.83. The summed E-state index contributed by atoms with van der Waals surface area (Å²) in [4.78, 5) is 0. The van der Waals surface area contributed by atoms with E-state index in [9.17, 15) is 0 Å². The minimum absolute atomic E-state index is 0.739. The molecule has 0 unspecified atom stereocenters. The van der Waals surface area contributed by atoms with Gasteiger partial charge in [0, 0.05) is 11.4 Å². The van der Waals surface area contributed by atoms with Gasteiger partial charge in [-0.25, -0.2) is 0 Å². The van der Waals surface area contributed by atoms with Gasteiger partial charge in [0.1, 0.15) is 0 Å². The summed E-state index contributed by atoms with van der Waals surface area (Å²) in [6.45, 7) is 5.21. The first-order chi connectivity index (χ1) is 11.3. The lowest BCUT2D eigenvalue weighted by Crippen LogP contribution is -2.11. The normalized spacial score (nSPS) is 10.5. The highest BCUT2D eigenvalue weighted by Gasteiger charge is 1.96. The predicted molar refractivity (Wildman–Crippen MR) is 102 cm³/mol. The molecule has 2 rings (SSSR count). The molecule has 0 heterocycles. The molecule has 0 aliphatic rings. The first kappa shape index (κ1) is 17.4. The number of unbranched alkanes of at least 4 members (excludes halogenated alkanes) is 2. The number of rotatable bonds is 10. The minimum atomic E-state index is 0.739. The molecule has 2 aromatic rings. The molecule has 0 aliphatic carbocycles. The summed E-state index contributed by atoms with van der Waals surface area (Å²) >= 11 is 0. The van der Waals surface area contributed by atoms with E-state index >= 15 is 0 Å². The van der Waals surface area contributed by atoms with Crippen LogP contribution in [0.15, 0.2) is 48.5 Å². The van der Waals surface area contributed by atoms with Gasteiger partial charge in [0.2, 0.25) is 0 Å². The molecular weight excluding hydrogens is 280 g/mol. The van der Waals surface area contributed by atoms with Gasteiger partial charge in [0.15, 0.2) is 0 Å². The predicted octanol–water partition coefficient (Wildman–Crippen LogP) is 5.85. The number of aryl methyl sites for hydroxylation is 2. The summed E-state index contributed by atoms with van der Waals surface area (Å²) in [5.74, 6) is 0. The molecule has 0 radical (unpaired) electrons. The van der Waals surface area contributed by atoms with E-state index in [2.05, 4.69) is 73.0 Å². The topological polar surface area (TPSA) is 24.1 Å². The van der Waals surface area contributed by atoms with Crippen LogP contribution in [-0.2, 0) is 12.8 Å². The Morgan fingerprint density at radius 1 is 0.609 bits per heavy atom. The smallest absolute Gasteiger partial charge is 0.0849 e. The number of anilines is 2. The van der Waals surface area contributed by atoms with Crippen LogP contribution in [0.5, 0.6) is 0 Å². The largest absolute Gasteiger partial charge is 0.368 e. The van der Waals surface area contributed by atoms with E-state index in [1.807, 2.05) is 0 Å².